The molecule has 4 amide bonds. The van der Waals surface area contributed by atoms with E-state index < -0.39 is 23.7 Å². The minimum absolute atomic E-state index is 0.00511. The molecule has 0 bridgehead atoms. The van der Waals surface area contributed by atoms with Gasteiger partial charge in [-0.3, -0.25) is 14.9 Å². The number of urea groups is 1. The monoisotopic (exact) mass is 414 g/mol. The lowest BCUT2D eigenvalue weighted by atomic mass is 9.99. The summed E-state index contributed by atoms with van der Waals surface area (Å²) < 4.78 is 18.9. The third-order valence-corrected chi connectivity index (χ3v) is 4.72. The number of nitrogens with one attached hydrogen (secondary N) is 1. The number of amides is 4. The van der Waals surface area contributed by atoms with Crippen molar-refractivity contribution >= 4 is 40.4 Å². The number of fused-ring (bicyclic) bond motifs is 1. The number of benzene rings is 3. The average Bonchev–Trinajstić information content (AvgIpc) is 2.76. The summed E-state index contributed by atoms with van der Waals surface area (Å²) in [5, 5.41) is 3.74. The molecule has 0 aliphatic carbocycles. The number of halogens is 1. The van der Waals surface area contributed by atoms with Crippen LogP contribution in [0.5, 0.6) is 5.75 Å². The summed E-state index contributed by atoms with van der Waals surface area (Å²) in [7, 11) is 0. The molecule has 0 saturated carbocycles. The second-order valence-electron chi connectivity index (χ2n) is 6.63. The highest BCUT2D eigenvalue weighted by Crippen LogP contribution is 2.31. The SMILES string of the molecule is C#CCOc1ccc2ccccc2c1/C=C1\C(=O)NC(=O)N(c2ccc(F)cc2)C1=O. The van der Waals surface area contributed by atoms with Crippen molar-refractivity contribution in [3.8, 4) is 18.1 Å². The fourth-order valence-electron chi connectivity index (χ4n) is 3.30. The second kappa shape index (κ2) is 8.13. The number of terminal acetylenes is 1. The molecule has 152 valence electrons. The zero-order chi connectivity index (χ0) is 22.0. The minimum Gasteiger partial charge on any atom is -0.480 e. The van der Waals surface area contributed by atoms with Crippen molar-refractivity contribution in [2.24, 2.45) is 0 Å². The number of hydrogen-bond acceptors (Lipinski definition) is 4. The van der Waals surface area contributed by atoms with E-state index >= 15 is 0 Å². The Balaban J connectivity index is 1.85. The van der Waals surface area contributed by atoms with Gasteiger partial charge in [-0.25, -0.2) is 14.1 Å². The Morgan fingerprint density at radius 3 is 2.52 bits per heavy atom. The quantitative estimate of drug-likeness (QED) is 0.402. The van der Waals surface area contributed by atoms with Crippen molar-refractivity contribution in [2.45, 2.75) is 0 Å². The van der Waals surface area contributed by atoms with E-state index in [-0.39, 0.29) is 17.9 Å². The molecule has 1 aliphatic rings. The highest BCUT2D eigenvalue weighted by Gasteiger charge is 2.37. The molecule has 1 aliphatic heterocycles. The van der Waals surface area contributed by atoms with Gasteiger partial charge in [-0.1, -0.05) is 36.3 Å². The molecule has 1 fully saturated rings. The van der Waals surface area contributed by atoms with Crippen molar-refractivity contribution in [1.29, 1.82) is 0 Å². The summed E-state index contributed by atoms with van der Waals surface area (Å²) in [6.45, 7) is -0.00511. The highest BCUT2D eigenvalue weighted by atomic mass is 19.1. The van der Waals surface area contributed by atoms with Crippen LogP contribution in [0.15, 0.2) is 66.2 Å². The summed E-state index contributed by atoms with van der Waals surface area (Å²) in [6, 6.07) is 14.8. The third kappa shape index (κ3) is 3.74. The van der Waals surface area contributed by atoms with Gasteiger partial charge in [0.2, 0.25) is 0 Å². The molecule has 0 spiro atoms. The molecule has 3 aromatic carbocycles. The molecule has 4 rings (SSSR count). The molecule has 31 heavy (non-hydrogen) atoms. The molecule has 1 N–H and O–H groups in total. The zero-order valence-electron chi connectivity index (χ0n) is 16.1. The molecule has 1 heterocycles. The predicted molar refractivity (Wildman–Crippen MR) is 114 cm³/mol. The Kier molecular flexibility index (Phi) is 5.21. The van der Waals surface area contributed by atoms with E-state index in [1.807, 2.05) is 30.3 Å². The van der Waals surface area contributed by atoms with Crippen molar-refractivity contribution < 1.29 is 23.5 Å². The van der Waals surface area contributed by atoms with Crippen molar-refractivity contribution in [3.05, 3.63) is 77.6 Å². The molecule has 6 nitrogen and oxygen atoms in total. The highest BCUT2D eigenvalue weighted by molar-refractivity contribution is 6.39. The lowest BCUT2D eigenvalue weighted by Crippen LogP contribution is -2.54. The standard InChI is InChI=1S/C24H15FN2O4/c1-2-13-31-21-12-7-15-5-3-4-6-18(15)19(21)14-20-22(28)26-24(30)27(23(20)29)17-10-8-16(25)9-11-17/h1,3-12,14H,13H2,(H,26,28,30)/b20-14+. The summed E-state index contributed by atoms with van der Waals surface area (Å²) >= 11 is 0. The lowest BCUT2D eigenvalue weighted by Gasteiger charge is -2.26. The minimum atomic E-state index is -0.916. The van der Waals surface area contributed by atoms with Crippen LogP contribution < -0.4 is 15.0 Å². The topological polar surface area (TPSA) is 75.7 Å². The maximum atomic E-state index is 13.3. The molecule has 0 unspecified atom stereocenters. The van der Waals surface area contributed by atoms with Crippen molar-refractivity contribution in [3.63, 3.8) is 0 Å². The average molecular weight is 414 g/mol. The van der Waals surface area contributed by atoms with E-state index in [9.17, 15) is 18.8 Å². The normalized spacial score (nSPS) is 15.2. The van der Waals surface area contributed by atoms with E-state index in [1.165, 1.54) is 18.2 Å². The van der Waals surface area contributed by atoms with Gasteiger partial charge in [-0.2, -0.15) is 0 Å². The maximum Gasteiger partial charge on any atom is 0.335 e. The van der Waals surface area contributed by atoms with Gasteiger partial charge in [0, 0.05) is 5.56 Å². The number of nitrogens with zero attached hydrogens (tertiary/aromatic N) is 1. The van der Waals surface area contributed by atoms with E-state index in [2.05, 4.69) is 11.2 Å². The summed E-state index contributed by atoms with van der Waals surface area (Å²) in [4.78, 5) is 38.7. The maximum absolute atomic E-state index is 13.3. The number of anilines is 1. The van der Waals surface area contributed by atoms with E-state index in [1.54, 1.807) is 6.07 Å². The van der Waals surface area contributed by atoms with Gasteiger partial charge in [-0.15, -0.1) is 6.42 Å². The molecule has 0 atom stereocenters. The van der Waals surface area contributed by atoms with Crippen LogP contribution in [0.3, 0.4) is 0 Å². The number of barbiturate groups is 1. The number of rotatable bonds is 4. The first-order chi connectivity index (χ1) is 15.0. The van der Waals surface area contributed by atoms with Crippen molar-refractivity contribution in [1.82, 2.24) is 5.32 Å². The number of carbonyl (C=O) groups excluding carboxylic acids is 3. The lowest BCUT2D eigenvalue weighted by molar-refractivity contribution is -0.122. The van der Waals surface area contributed by atoms with Gasteiger partial charge in [0.15, 0.2) is 0 Å². The first-order valence-electron chi connectivity index (χ1n) is 9.24. The fraction of sp³-hybridized carbons (Fsp3) is 0.0417. The molecule has 1 saturated heterocycles. The Morgan fingerprint density at radius 1 is 1.03 bits per heavy atom. The molecule has 7 heteroatoms. The van der Waals surface area contributed by atoms with Crippen LogP contribution in [0.4, 0.5) is 14.9 Å². The Hall–Kier alpha value is -4.44. The largest absolute Gasteiger partial charge is 0.480 e. The molecular formula is C24H15FN2O4. The molecule has 0 radical (unpaired) electrons. The van der Waals surface area contributed by atoms with Crippen LogP contribution in [-0.4, -0.2) is 24.5 Å². The van der Waals surface area contributed by atoms with Crippen LogP contribution in [0, 0.1) is 18.2 Å². The first kappa shape index (κ1) is 19.9. The molecular weight excluding hydrogens is 399 g/mol. The zero-order valence-corrected chi connectivity index (χ0v) is 16.1. The van der Waals surface area contributed by atoms with Crippen LogP contribution in [0.2, 0.25) is 0 Å². The second-order valence-corrected chi connectivity index (χ2v) is 6.63. The smallest absolute Gasteiger partial charge is 0.335 e. The fourth-order valence-corrected chi connectivity index (χ4v) is 3.30. The van der Waals surface area contributed by atoms with Crippen LogP contribution in [0.1, 0.15) is 5.56 Å². The van der Waals surface area contributed by atoms with E-state index in [4.69, 9.17) is 11.2 Å². The van der Waals surface area contributed by atoms with Gasteiger partial charge in [0.25, 0.3) is 11.8 Å². The van der Waals surface area contributed by atoms with E-state index in [0.29, 0.717) is 11.3 Å². The first-order valence-corrected chi connectivity index (χ1v) is 9.24. The van der Waals surface area contributed by atoms with Crippen LogP contribution in [0.25, 0.3) is 16.8 Å². The van der Waals surface area contributed by atoms with Gasteiger partial charge < -0.3 is 4.74 Å². The Morgan fingerprint density at radius 2 is 1.77 bits per heavy atom. The Bertz CT molecular complexity index is 1290. The number of hydrogen-bond donors (Lipinski definition) is 1. The predicted octanol–water partition coefficient (Wildman–Crippen LogP) is 3.66. The van der Waals surface area contributed by atoms with Gasteiger partial charge in [-0.05, 0) is 47.2 Å². The van der Waals surface area contributed by atoms with Crippen LogP contribution >= 0.6 is 0 Å². The van der Waals surface area contributed by atoms with Gasteiger partial charge in [0.05, 0.1) is 5.69 Å². The van der Waals surface area contributed by atoms with Crippen molar-refractivity contribution in [2.75, 3.05) is 11.5 Å². The molecule has 3 aromatic rings. The third-order valence-electron chi connectivity index (χ3n) is 4.72. The number of carbonyl (C=O) groups is 3. The van der Waals surface area contributed by atoms with Gasteiger partial charge in [0.1, 0.15) is 23.7 Å². The summed E-state index contributed by atoms with van der Waals surface area (Å²) in [5.41, 5.74) is 0.329. The number of ether oxygens (including phenoxy) is 1. The summed E-state index contributed by atoms with van der Waals surface area (Å²) in [6.07, 6.45) is 6.67. The molecule has 0 aromatic heterocycles. The van der Waals surface area contributed by atoms with Gasteiger partial charge >= 0.3 is 6.03 Å². The van der Waals surface area contributed by atoms with Crippen LogP contribution in [-0.2, 0) is 9.59 Å². The Labute approximate surface area is 176 Å². The number of imide groups is 2. The summed E-state index contributed by atoms with van der Waals surface area (Å²) in [5.74, 6) is 0.561. The van der Waals surface area contributed by atoms with E-state index in [0.717, 1.165) is 27.8 Å².